The fourth-order valence-electron chi connectivity index (χ4n) is 0.543. The van der Waals surface area contributed by atoms with E-state index in [0.29, 0.717) is 0 Å². The molecule has 1 aromatic rings. The van der Waals surface area contributed by atoms with Gasteiger partial charge < -0.3 is 5.11 Å². The van der Waals surface area contributed by atoms with Crippen LogP contribution in [0.15, 0.2) is 18.3 Å². The van der Waals surface area contributed by atoms with E-state index >= 15 is 0 Å². The summed E-state index contributed by atoms with van der Waals surface area (Å²) < 4.78 is 24.8. The minimum atomic E-state index is -4.12. The molecule has 0 unspecified atom stereocenters. The third-order valence-corrected chi connectivity index (χ3v) is 1.27. The van der Waals surface area contributed by atoms with Crippen molar-refractivity contribution in [2.75, 3.05) is 0 Å². The average molecular weight is 340 g/mol. The van der Waals surface area contributed by atoms with Crippen LogP contribution in [0.1, 0.15) is 10.5 Å². The normalized spacial score (nSPS) is 9.50. The zero-order valence-electron chi connectivity index (χ0n) is 7.66. The van der Waals surface area contributed by atoms with Gasteiger partial charge in [-0.2, -0.15) is 0 Å². The van der Waals surface area contributed by atoms with Crippen molar-refractivity contribution < 1.29 is 21.8 Å². The molecular formula is C7H11AsCaClNO5. The molecule has 0 saturated carbocycles. The second-order valence-electron chi connectivity index (χ2n) is 2.47. The van der Waals surface area contributed by atoms with Gasteiger partial charge in [0.15, 0.2) is 5.69 Å². The molecule has 1 aromatic heterocycles. The quantitative estimate of drug-likeness (QED) is 0.595. The van der Waals surface area contributed by atoms with Gasteiger partial charge in [0.05, 0.1) is 5.02 Å². The van der Waals surface area contributed by atoms with Crippen molar-refractivity contribution in [3.8, 4) is 0 Å². The number of nitrogens with zero attached hydrogens (tertiary/aromatic N) is 1. The minimum absolute atomic E-state index is 0. The summed E-state index contributed by atoms with van der Waals surface area (Å²) in [5.41, 5.74) is 0.808. The molecule has 0 bridgehead atoms. The molecule has 0 aliphatic carbocycles. The van der Waals surface area contributed by atoms with Crippen molar-refractivity contribution in [2.45, 2.75) is 5.71 Å². The number of hydrogen-bond acceptors (Lipinski definition) is 3. The topological polar surface area (TPSA) is 108 Å². The molecule has 3 N–H and O–H groups in total. The molecule has 0 aliphatic rings. The summed E-state index contributed by atoms with van der Waals surface area (Å²) in [7, 11) is 0. The molecule has 1 heterocycles. The standard InChI is InChI=1S/C6H4ClNO2.CH5AsO3.Ca.2H/c7-4-2-1-3-8-5(4)6(9)10;1-2(3,4)5;;;/h1-3H,(H,9,10);1H3,(H2,3,4,5);;;. The molecule has 16 heavy (non-hydrogen) atoms. The first kappa shape index (κ1) is 18.8. The van der Waals surface area contributed by atoms with E-state index in [0.717, 1.165) is 5.71 Å². The zero-order valence-corrected chi connectivity index (χ0v) is 10.3. The van der Waals surface area contributed by atoms with Crippen LogP contribution in [0, 0.1) is 0 Å². The van der Waals surface area contributed by atoms with Crippen LogP contribution >= 0.6 is 11.6 Å². The van der Waals surface area contributed by atoms with E-state index < -0.39 is 20.1 Å². The molecule has 88 valence electrons. The van der Waals surface area contributed by atoms with E-state index in [4.69, 9.17) is 24.9 Å². The molecule has 0 spiro atoms. The molecule has 6 nitrogen and oxygen atoms in total. The van der Waals surface area contributed by atoms with Gasteiger partial charge in [0, 0.05) is 6.20 Å². The van der Waals surface area contributed by atoms with Crippen molar-refractivity contribution in [1.82, 2.24) is 4.98 Å². The fourth-order valence-corrected chi connectivity index (χ4v) is 0.745. The summed E-state index contributed by atoms with van der Waals surface area (Å²) in [5, 5.41) is 8.58. The first-order valence-electron chi connectivity index (χ1n) is 3.58. The van der Waals surface area contributed by atoms with Crippen LogP contribution in [0.25, 0.3) is 0 Å². The number of halogens is 1. The molecule has 0 radical (unpaired) electrons. The van der Waals surface area contributed by atoms with Gasteiger partial charge in [0.25, 0.3) is 0 Å². The van der Waals surface area contributed by atoms with Crippen LogP contribution in [0.5, 0.6) is 0 Å². The van der Waals surface area contributed by atoms with Crippen LogP contribution < -0.4 is 0 Å². The van der Waals surface area contributed by atoms with E-state index in [1.807, 2.05) is 0 Å². The molecule has 0 amide bonds. The first-order valence-corrected chi connectivity index (χ1v) is 8.28. The van der Waals surface area contributed by atoms with Crippen molar-refractivity contribution in [3.05, 3.63) is 29.0 Å². The fraction of sp³-hybridized carbons (Fsp3) is 0.143. The SMILES string of the molecule is C[As](=O)(O)O.O=C(O)c1ncccc1Cl.[CaH2]. The molecule has 9 heteroatoms. The summed E-state index contributed by atoms with van der Waals surface area (Å²) in [6, 6.07) is 3.06. The van der Waals surface area contributed by atoms with Crippen LogP contribution in [-0.4, -0.2) is 76.2 Å². The third-order valence-electron chi connectivity index (χ3n) is 0.961. The van der Waals surface area contributed by atoms with E-state index in [9.17, 15) is 8.53 Å². The average Bonchev–Trinajstić information content (AvgIpc) is 2.01. The van der Waals surface area contributed by atoms with Crippen molar-refractivity contribution in [2.24, 2.45) is 0 Å². The predicted octanol–water partition coefficient (Wildman–Crippen LogP) is -0.513. The van der Waals surface area contributed by atoms with Crippen LogP contribution in [0.2, 0.25) is 10.7 Å². The van der Waals surface area contributed by atoms with Gasteiger partial charge in [-0.3, -0.25) is 0 Å². The number of carbonyl (C=O) groups is 1. The second kappa shape index (κ2) is 8.53. The van der Waals surface area contributed by atoms with Crippen LogP contribution in [0.3, 0.4) is 0 Å². The number of pyridine rings is 1. The van der Waals surface area contributed by atoms with Crippen molar-refractivity contribution in [1.29, 1.82) is 0 Å². The van der Waals surface area contributed by atoms with Crippen LogP contribution in [-0.2, 0) is 3.74 Å². The van der Waals surface area contributed by atoms with Gasteiger partial charge in [0.1, 0.15) is 0 Å². The van der Waals surface area contributed by atoms with E-state index in [2.05, 4.69) is 4.98 Å². The summed E-state index contributed by atoms with van der Waals surface area (Å²) >= 11 is 1.35. The Kier molecular flexibility index (Phi) is 10.0. The maximum atomic E-state index is 10.3. The Morgan fingerprint density at radius 2 is 1.94 bits per heavy atom. The Hall–Kier alpha value is 0.448. The van der Waals surface area contributed by atoms with Crippen molar-refractivity contribution in [3.63, 3.8) is 0 Å². The molecule has 0 fully saturated rings. The molecule has 0 atom stereocenters. The van der Waals surface area contributed by atoms with Gasteiger partial charge in [-0.15, -0.1) is 0 Å². The number of carboxylic acids is 1. The summed E-state index contributed by atoms with van der Waals surface area (Å²) in [5.74, 6) is -1.11. The maximum absolute atomic E-state index is 10.3. The summed E-state index contributed by atoms with van der Waals surface area (Å²) in [4.78, 5) is 13.8. The van der Waals surface area contributed by atoms with Gasteiger partial charge >= 0.3 is 75.5 Å². The van der Waals surface area contributed by atoms with Gasteiger partial charge in [0.2, 0.25) is 0 Å². The van der Waals surface area contributed by atoms with E-state index in [1.54, 1.807) is 6.07 Å². The number of aromatic carboxylic acids is 1. The second-order valence-corrected chi connectivity index (χ2v) is 6.39. The Labute approximate surface area is 130 Å². The van der Waals surface area contributed by atoms with Crippen molar-refractivity contribution >= 4 is 69.5 Å². The third kappa shape index (κ3) is 10.9. The molecular weight excluding hydrogens is 329 g/mol. The van der Waals surface area contributed by atoms with Gasteiger partial charge in [-0.1, -0.05) is 11.6 Å². The Morgan fingerprint density at radius 1 is 1.50 bits per heavy atom. The van der Waals surface area contributed by atoms with E-state index in [1.165, 1.54) is 12.3 Å². The molecule has 0 aromatic carbocycles. The molecule has 0 aliphatic heterocycles. The molecule has 1 rings (SSSR count). The Bertz CT molecular complexity index is 388. The number of carboxylic acid groups (broad SMARTS) is 1. The number of rotatable bonds is 1. The Morgan fingerprint density at radius 3 is 2.19 bits per heavy atom. The zero-order chi connectivity index (χ0) is 12.1. The number of aromatic nitrogens is 1. The Balaban J connectivity index is 0. The monoisotopic (exact) mass is 339 g/mol. The van der Waals surface area contributed by atoms with E-state index in [-0.39, 0.29) is 48.5 Å². The van der Waals surface area contributed by atoms with Crippen LogP contribution in [0.4, 0.5) is 0 Å². The summed E-state index contributed by atoms with van der Waals surface area (Å²) in [6.45, 7) is 0. The molecule has 0 saturated heterocycles. The van der Waals surface area contributed by atoms with Gasteiger partial charge in [-0.05, 0) is 12.1 Å². The predicted molar refractivity (Wildman–Crippen MR) is 61.5 cm³/mol. The number of hydrogen-bond donors (Lipinski definition) is 3. The summed E-state index contributed by atoms with van der Waals surface area (Å²) in [6.07, 6.45) is 1.38. The first-order chi connectivity index (χ1) is 6.72. The van der Waals surface area contributed by atoms with Gasteiger partial charge in [-0.25, -0.2) is 9.78 Å².